The van der Waals surface area contributed by atoms with Gasteiger partial charge in [-0.05, 0) is 44.6 Å². The fraction of sp³-hybridized carbons (Fsp3) is 0.545. The van der Waals surface area contributed by atoms with E-state index in [0.717, 1.165) is 50.8 Å². The van der Waals surface area contributed by atoms with E-state index in [2.05, 4.69) is 22.3 Å². The summed E-state index contributed by atoms with van der Waals surface area (Å²) in [5.74, 6) is -0.0692. The molecule has 0 saturated carbocycles. The van der Waals surface area contributed by atoms with E-state index >= 15 is 0 Å². The quantitative estimate of drug-likeness (QED) is 0.830. The Bertz CT molecular complexity index is 809. The van der Waals surface area contributed by atoms with Gasteiger partial charge in [0.05, 0.1) is 12.6 Å². The number of nitrogens with one attached hydrogen (secondary N) is 1. The van der Waals surface area contributed by atoms with Gasteiger partial charge in [-0.25, -0.2) is 0 Å². The maximum Gasteiger partial charge on any atom is 0.272 e. The molecule has 1 saturated heterocycles. The van der Waals surface area contributed by atoms with Gasteiger partial charge in [-0.1, -0.05) is 30.3 Å². The SMILES string of the molecule is CCNC(=O)c1nn(Cc2ccccc2)c2c1CC(N1CCC(O)CC1)CC2. The Labute approximate surface area is 166 Å². The molecule has 2 aromatic rings. The van der Waals surface area contributed by atoms with Crippen molar-refractivity contribution in [3.63, 3.8) is 0 Å². The number of fused-ring (bicyclic) bond motifs is 1. The topological polar surface area (TPSA) is 70.4 Å². The van der Waals surface area contributed by atoms with Crippen LogP contribution in [0.1, 0.15) is 53.5 Å². The van der Waals surface area contributed by atoms with Crippen LogP contribution >= 0.6 is 0 Å². The molecule has 4 rings (SSSR count). The van der Waals surface area contributed by atoms with Crippen LogP contribution in [0.25, 0.3) is 0 Å². The molecule has 1 aromatic heterocycles. The van der Waals surface area contributed by atoms with Gasteiger partial charge in [0.25, 0.3) is 5.91 Å². The van der Waals surface area contributed by atoms with E-state index in [1.807, 2.05) is 29.8 Å². The van der Waals surface area contributed by atoms with Gasteiger partial charge in [0.15, 0.2) is 5.69 Å². The predicted molar refractivity (Wildman–Crippen MR) is 108 cm³/mol. The highest BCUT2D eigenvalue weighted by Crippen LogP contribution is 2.29. The summed E-state index contributed by atoms with van der Waals surface area (Å²) >= 11 is 0. The lowest BCUT2D eigenvalue weighted by molar-refractivity contribution is 0.0568. The average molecular weight is 383 g/mol. The zero-order valence-corrected chi connectivity index (χ0v) is 16.6. The number of benzene rings is 1. The molecule has 1 aliphatic carbocycles. The molecule has 1 unspecified atom stereocenters. The summed E-state index contributed by atoms with van der Waals surface area (Å²) in [4.78, 5) is 15.2. The molecule has 0 bridgehead atoms. The minimum absolute atomic E-state index is 0.0692. The molecule has 2 aliphatic rings. The zero-order chi connectivity index (χ0) is 19.5. The van der Waals surface area contributed by atoms with E-state index in [0.29, 0.717) is 24.8 Å². The van der Waals surface area contributed by atoms with E-state index in [1.54, 1.807) is 0 Å². The van der Waals surface area contributed by atoms with Crippen LogP contribution in [0, 0.1) is 0 Å². The summed E-state index contributed by atoms with van der Waals surface area (Å²) in [5, 5.41) is 17.5. The number of nitrogens with zero attached hydrogens (tertiary/aromatic N) is 3. The Morgan fingerprint density at radius 3 is 2.68 bits per heavy atom. The van der Waals surface area contributed by atoms with Crippen LogP contribution in [0.4, 0.5) is 0 Å². The van der Waals surface area contributed by atoms with Crippen molar-refractivity contribution in [2.24, 2.45) is 0 Å². The van der Waals surface area contributed by atoms with Crippen molar-refractivity contribution in [1.82, 2.24) is 20.0 Å². The molecule has 28 heavy (non-hydrogen) atoms. The smallest absolute Gasteiger partial charge is 0.272 e. The van der Waals surface area contributed by atoms with Gasteiger partial charge in [-0.3, -0.25) is 14.4 Å². The predicted octanol–water partition coefficient (Wildman–Crippen LogP) is 2.00. The largest absolute Gasteiger partial charge is 0.393 e. The van der Waals surface area contributed by atoms with Crippen LogP contribution in [0.5, 0.6) is 0 Å². The first kappa shape index (κ1) is 19.2. The van der Waals surface area contributed by atoms with Gasteiger partial charge in [0, 0.05) is 36.9 Å². The first-order chi connectivity index (χ1) is 13.7. The van der Waals surface area contributed by atoms with E-state index in [9.17, 15) is 9.90 Å². The third-order valence-electron chi connectivity index (χ3n) is 6.06. The number of aliphatic hydroxyl groups is 1. The first-order valence-corrected chi connectivity index (χ1v) is 10.5. The van der Waals surface area contributed by atoms with Crippen LogP contribution in [-0.4, -0.2) is 57.5 Å². The Hall–Kier alpha value is -2.18. The third kappa shape index (κ3) is 3.98. The van der Waals surface area contributed by atoms with Gasteiger partial charge in [0.1, 0.15) is 0 Å². The maximum atomic E-state index is 12.7. The second-order valence-corrected chi connectivity index (χ2v) is 7.94. The highest BCUT2D eigenvalue weighted by molar-refractivity contribution is 5.94. The van der Waals surface area contributed by atoms with Crippen molar-refractivity contribution >= 4 is 5.91 Å². The van der Waals surface area contributed by atoms with Crippen molar-refractivity contribution in [3.8, 4) is 0 Å². The van der Waals surface area contributed by atoms with Crippen LogP contribution < -0.4 is 5.32 Å². The molecule has 150 valence electrons. The minimum Gasteiger partial charge on any atom is -0.393 e. The molecule has 1 aliphatic heterocycles. The molecule has 6 nitrogen and oxygen atoms in total. The Balaban J connectivity index is 1.60. The van der Waals surface area contributed by atoms with E-state index in [-0.39, 0.29) is 12.0 Å². The van der Waals surface area contributed by atoms with E-state index < -0.39 is 0 Å². The Morgan fingerprint density at radius 1 is 1.21 bits per heavy atom. The van der Waals surface area contributed by atoms with Crippen LogP contribution in [-0.2, 0) is 19.4 Å². The van der Waals surface area contributed by atoms with Gasteiger partial charge in [-0.15, -0.1) is 0 Å². The molecule has 1 aromatic carbocycles. The fourth-order valence-corrected chi connectivity index (χ4v) is 4.55. The number of aliphatic hydroxyl groups excluding tert-OH is 1. The number of carbonyl (C=O) groups is 1. The monoisotopic (exact) mass is 382 g/mol. The molecule has 1 fully saturated rings. The minimum atomic E-state index is -0.157. The maximum absolute atomic E-state index is 12.7. The van der Waals surface area contributed by atoms with Crippen molar-refractivity contribution in [2.45, 2.75) is 57.7 Å². The standard InChI is InChI=1S/C22H30N4O2/c1-2-23-22(28)21-19-14-17(25-12-10-18(27)11-13-25)8-9-20(19)26(24-21)15-16-6-4-3-5-7-16/h3-7,17-18,27H,2,8-15H2,1H3,(H,23,28). The number of aromatic nitrogens is 2. The molecule has 2 N–H and O–H groups in total. The summed E-state index contributed by atoms with van der Waals surface area (Å²) in [6.45, 7) is 5.12. The van der Waals surface area contributed by atoms with Gasteiger partial charge >= 0.3 is 0 Å². The number of likely N-dealkylation sites (tertiary alicyclic amines) is 1. The molecule has 2 heterocycles. The molecule has 1 atom stereocenters. The van der Waals surface area contributed by atoms with E-state index in [4.69, 9.17) is 5.10 Å². The molecular formula is C22H30N4O2. The van der Waals surface area contributed by atoms with Crippen LogP contribution in [0.2, 0.25) is 0 Å². The van der Waals surface area contributed by atoms with Crippen molar-refractivity contribution in [1.29, 1.82) is 0 Å². The highest BCUT2D eigenvalue weighted by Gasteiger charge is 2.33. The fourth-order valence-electron chi connectivity index (χ4n) is 4.55. The van der Waals surface area contributed by atoms with Crippen molar-refractivity contribution < 1.29 is 9.90 Å². The van der Waals surface area contributed by atoms with Crippen molar-refractivity contribution in [3.05, 3.63) is 52.8 Å². The second kappa shape index (κ2) is 8.45. The Morgan fingerprint density at radius 2 is 1.96 bits per heavy atom. The number of piperidine rings is 1. The molecule has 0 spiro atoms. The van der Waals surface area contributed by atoms with Gasteiger partial charge < -0.3 is 10.4 Å². The second-order valence-electron chi connectivity index (χ2n) is 7.94. The van der Waals surface area contributed by atoms with Gasteiger partial charge in [-0.2, -0.15) is 5.10 Å². The molecular weight excluding hydrogens is 352 g/mol. The van der Waals surface area contributed by atoms with Crippen LogP contribution in [0.15, 0.2) is 30.3 Å². The summed E-state index contributed by atoms with van der Waals surface area (Å²) < 4.78 is 2.03. The summed E-state index contributed by atoms with van der Waals surface area (Å²) in [7, 11) is 0. The third-order valence-corrected chi connectivity index (χ3v) is 6.06. The summed E-state index contributed by atoms with van der Waals surface area (Å²) in [5.41, 5.74) is 4.11. The van der Waals surface area contributed by atoms with Gasteiger partial charge in [0.2, 0.25) is 0 Å². The average Bonchev–Trinajstić information content (AvgIpc) is 3.07. The molecule has 0 radical (unpaired) electrons. The first-order valence-electron chi connectivity index (χ1n) is 10.5. The Kier molecular flexibility index (Phi) is 5.78. The lowest BCUT2D eigenvalue weighted by Gasteiger charge is -2.38. The number of hydrogen-bond acceptors (Lipinski definition) is 4. The zero-order valence-electron chi connectivity index (χ0n) is 16.6. The number of amides is 1. The number of hydrogen-bond donors (Lipinski definition) is 2. The molecule has 1 amide bonds. The highest BCUT2D eigenvalue weighted by atomic mass is 16.3. The number of carbonyl (C=O) groups excluding carboxylic acids is 1. The normalized spacial score (nSPS) is 20.7. The number of rotatable bonds is 5. The lowest BCUT2D eigenvalue weighted by Crippen LogP contribution is -2.45. The van der Waals surface area contributed by atoms with Crippen molar-refractivity contribution in [2.75, 3.05) is 19.6 Å². The lowest BCUT2D eigenvalue weighted by atomic mass is 9.89. The summed E-state index contributed by atoms with van der Waals surface area (Å²) in [6, 6.07) is 10.7. The molecule has 6 heteroatoms. The van der Waals surface area contributed by atoms with Crippen LogP contribution in [0.3, 0.4) is 0 Å². The summed E-state index contributed by atoms with van der Waals surface area (Å²) in [6.07, 6.45) is 4.43. The van der Waals surface area contributed by atoms with E-state index in [1.165, 1.54) is 11.3 Å².